The van der Waals surface area contributed by atoms with Crippen molar-refractivity contribution in [1.29, 1.82) is 0 Å². The van der Waals surface area contributed by atoms with Crippen LogP contribution in [0.5, 0.6) is 5.75 Å². The number of likely N-dealkylation sites (tertiary alicyclic amines) is 1. The SMILES string of the molecule is CCOc1cccc(CNC(=O)CN2C[C@@H]3CCC[C@@]3(C(=O)O)C2)c1.Cl. The fraction of sp³-hybridized carbons (Fsp3) is 0.579. The van der Waals surface area contributed by atoms with Crippen molar-refractivity contribution >= 4 is 24.3 Å². The number of rotatable bonds is 7. The molecule has 3 rings (SSSR count). The van der Waals surface area contributed by atoms with Gasteiger partial charge in [0.1, 0.15) is 5.75 Å². The first-order valence-electron chi connectivity index (χ1n) is 8.97. The third kappa shape index (κ3) is 4.30. The molecule has 2 fully saturated rings. The van der Waals surface area contributed by atoms with E-state index in [-0.39, 0.29) is 30.8 Å². The quantitative estimate of drug-likeness (QED) is 0.756. The maximum Gasteiger partial charge on any atom is 0.311 e. The third-order valence-electron chi connectivity index (χ3n) is 5.43. The number of carbonyl (C=O) groups excluding carboxylic acids is 1. The Kier molecular flexibility index (Phi) is 6.89. The van der Waals surface area contributed by atoms with Crippen LogP contribution in [0, 0.1) is 11.3 Å². The Morgan fingerprint density at radius 3 is 2.92 bits per heavy atom. The molecule has 1 aliphatic carbocycles. The van der Waals surface area contributed by atoms with E-state index in [1.54, 1.807) is 0 Å². The number of nitrogens with zero attached hydrogens (tertiary/aromatic N) is 1. The maximum absolute atomic E-state index is 12.2. The molecule has 1 saturated heterocycles. The van der Waals surface area contributed by atoms with Crippen molar-refractivity contribution in [2.75, 3.05) is 26.2 Å². The van der Waals surface area contributed by atoms with Gasteiger partial charge >= 0.3 is 5.97 Å². The Labute approximate surface area is 160 Å². The van der Waals surface area contributed by atoms with Crippen molar-refractivity contribution in [1.82, 2.24) is 10.2 Å². The number of hydrogen-bond donors (Lipinski definition) is 2. The molecular formula is C19H27ClN2O4. The van der Waals surface area contributed by atoms with E-state index in [1.165, 1.54) is 0 Å². The number of carbonyl (C=O) groups is 2. The van der Waals surface area contributed by atoms with Crippen LogP contribution in [0.15, 0.2) is 24.3 Å². The molecule has 1 aliphatic heterocycles. The fourth-order valence-electron chi connectivity index (χ4n) is 4.23. The summed E-state index contributed by atoms with van der Waals surface area (Å²) in [7, 11) is 0. The first-order valence-corrected chi connectivity index (χ1v) is 8.97. The molecule has 2 N–H and O–H groups in total. The van der Waals surface area contributed by atoms with Crippen LogP contribution in [-0.4, -0.2) is 48.1 Å². The molecule has 2 aliphatic rings. The highest BCUT2D eigenvalue weighted by molar-refractivity contribution is 5.85. The van der Waals surface area contributed by atoms with Crippen molar-refractivity contribution < 1.29 is 19.4 Å². The summed E-state index contributed by atoms with van der Waals surface area (Å²) in [6.45, 7) is 4.44. The number of aliphatic carboxylic acids is 1. The molecule has 0 aromatic heterocycles. The summed E-state index contributed by atoms with van der Waals surface area (Å²) in [5.41, 5.74) is 0.353. The standard InChI is InChI=1S/C19H26N2O4.ClH/c1-2-25-16-7-3-5-14(9-16)10-20-17(22)12-21-11-15-6-4-8-19(15,13-21)18(23)24;/h3,5,7,9,15H,2,4,6,8,10-13H2,1H3,(H,20,22)(H,23,24);1H/t15-,19+;/m0./s1. The summed E-state index contributed by atoms with van der Waals surface area (Å²) in [6.07, 6.45) is 2.66. The first kappa shape index (κ1) is 20.5. The first-order chi connectivity index (χ1) is 12.0. The summed E-state index contributed by atoms with van der Waals surface area (Å²) in [5.74, 6) is 0.207. The molecular weight excluding hydrogens is 356 g/mol. The van der Waals surface area contributed by atoms with Crippen LogP contribution in [-0.2, 0) is 16.1 Å². The van der Waals surface area contributed by atoms with Crippen LogP contribution < -0.4 is 10.1 Å². The van der Waals surface area contributed by atoms with Gasteiger partial charge in [0.05, 0.1) is 18.6 Å². The number of fused-ring (bicyclic) bond motifs is 1. The Hall–Kier alpha value is -1.79. The second-order valence-electron chi connectivity index (χ2n) is 7.08. The molecule has 0 radical (unpaired) electrons. The molecule has 7 heteroatoms. The molecule has 1 heterocycles. The molecule has 144 valence electrons. The second-order valence-corrected chi connectivity index (χ2v) is 7.08. The average Bonchev–Trinajstić information content (AvgIpc) is 3.11. The number of hydrogen-bond acceptors (Lipinski definition) is 4. The van der Waals surface area contributed by atoms with Crippen LogP contribution in [0.25, 0.3) is 0 Å². The highest BCUT2D eigenvalue weighted by Gasteiger charge is 2.54. The molecule has 1 aromatic carbocycles. The summed E-state index contributed by atoms with van der Waals surface area (Å²) in [6, 6.07) is 7.67. The lowest BCUT2D eigenvalue weighted by Gasteiger charge is -2.23. The van der Waals surface area contributed by atoms with Gasteiger partial charge in [0, 0.05) is 19.6 Å². The molecule has 2 atom stereocenters. The van der Waals surface area contributed by atoms with Gasteiger partial charge in [-0.1, -0.05) is 18.6 Å². The fourth-order valence-corrected chi connectivity index (χ4v) is 4.23. The number of carboxylic acids is 1. The average molecular weight is 383 g/mol. The molecule has 0 spiro atoms. The number of ether oxygens (including phenoxy) is 1. The molecule has 1 amide bonds. The number of amides is 1. The highest BCUT2D eigenvalue weighted by Crippen LogP contribution is 2.48. The number of halogens is 1. The van der Waals surface area contributed by atoms with Crippen LogP contribution in [0.3, 0.4) is 0 Å². The van der Waals surface area contributed by atoms with Crippen LogP contribution in [0.1, 0.15) is 31.7 Å². The van der Waals surface area contributed by atoms with Gasteiger partial charge in [-0.2, -0.15) is 0 Å². The lowest BCUT2D eigenvalue weighted by Crippen LogP contribution is -2.39. The van der Waals surface area contributed by atoms with Crippen molar-refractivity contribution in [2.24, 2.45) is 11.3 Å². The summed E-state index contributed by atoms with van der Waals surface area (Å²) < 4.78 is 5.46. The van der Waals surface area contributed by atoms with Gasteiger partial charge in [-0.25, -0.2) is 0 Å². The van der Waals surface area contributed by atoms with Crippen molar-refractivity contribution in [3.05, 3.63) is 29.8 Å². The monoisotopic (exact) mass is 382 g/mol. The molecule has 0 unspecified atom stereocenters. The molecule has 1 aromatic rings. The largest absolute Gasteiger partial charge is 0.494 e. The van der Waals surface area contributed by atoms with Gasteiger partial charge in [0.25, 0.3) is 0 Å². The van der Waals surface area contributed by atoms with E-state index in [9.17, 15) is 14.7 Å². The predicted molar refractivity (Wildman–Crippen MR) is 101 cm³/mol. The van der Waals surface area contributed by atoms with Gasteiger partial charge in [0.15, 0.2) is 0 Å². The molecule has 1 saturated carbocycles. The Bertz CT molecular complexity index is 654. The number of nitrogens with one attached hydrogen (secondary N) is 1. The van der Waals surface area contributed by atoms with E-state index >= 15 is 0 Å². The van der Waals surface area contributed by atoms with Gasteiger partial charge in [-0.05, 0) is 43.4 Å². The van der Waals surface area contributed by atoms with Gasteiger partial charge in [0.2, 0.25) is 5.91 Å². The van der Waals surface area contributed by atoms with Crippen molar-refractivity contribution in [2.45, 2.75) is 32.7 Å². The third-order valence-corrected chi connectivity index (χ3v) is 5.43. The lowest BCUT2D eigenvalue weighted by atomic mass is 9.81. The minimum Gasteiger partial charge on any atom is -0.494 e. The van der Waals surface area contributed by atoms with Crippen molar-refractivity contribution in [3.8, 4) is 5.75 Å². The topological polar surface area (TPSA) is 78.9 Å². The van der Waals surface area contributed by atoms with E-state index in [0.29, 0.717) is 26.2 Å². The van der Waals surface area contributed by atoms with Crippen LogP contribution in [0.2, 0.25) is 0 Å². The highest BCUT2D eigenvalue weighted by atomic mass is 35.5. The van der Waals surface area contributed by atoms with Crippen LogP contribution in [0.4, 0.5) is 0 Å². The number of benzene rings is 1. The predicted octanol–water partition coefficient (Wildman–Crippen LogP) is 2.31. The number of carboxylic acid groups (broad SMARTS) is 1. The summed E-state index contributed by atoms with van der Waals surface area (Å²) in [5, 5.41) is 12.5. The molecule has 0 bridgehead atoms. The second kappa shape index (κ2) is 8.73. The molecule has 6 nitrogen and oxygen atoms in total. The molecule has 26 heavy (non-hydrogen) atoms. The Balaban J connectivity index is 0.00000243. The lowest BCUT2D eigenvalue weighted by molar-refractivity contribution is -0.149. The van der Waals surface area contributed by atoms with Gasteiger partial charge < -0.3 is 15.2 Å². The maximum atomic E-state index is 12.2. The summed E-state index contributed by atoms with van der Waals surface area (Å²) in [4.78, 5) is 25.9. The van der Waals surface area contributed by atoms with Gasteiger partial charge in [-0.15, -0.1) is 12.4 Å². The smallest absolute Gasteiger partial charge is 0.311 e. The zero-order chi connectivity index (χ0) is 17.9. The van der Waals surface area contributed by atoms with E-state index in [4.69, 9.17) is 4.74 Å². The van der Waals surface area contributed by atoms with E-state index in [2.05, 4.69) is 5.32 Å². The van der Waals surface area contributed by atoms with Crippen LogP contribution >= 0.6 is 12.4 Å². The van der Waals surface area contributed by atoms with E-state index in [0.717, 1.165) is 30.6 Å². The van der Waals surface area contributed by atoms with Crippen molar-refractivity contribution in [3.63, 3.8) is 0 Å². The van der Waals surface area contributed by atoms with E-state index < -0.39 is 11.4 Å². The zero-order valence-electron chi connectivity index (χ0n) is 15.1. The van der Waals surface area contributed by atoms with Gasteiger partial charge in [-0.3, -0.25) is 14.5 Å². The Morgan fingerprint density at radius 2 is 2.23 bits per heavy atom. The van der Waals surface area contributed by atoms with E-state index in [1.807, 2.05) is 36.1 Å². The summed E-state index contributed by atoms with van der Waals surface area (Å²) >= 11 is 0. The minimum atomic E-state index is -0.703. The zero-order valence-corrected chi connectivity index (χ0v) is 15.9. The Morgan fingerprint density at radius 1 is 1.42 bits per heavy atom. The normalized spacial score (nSPS) is 24.6. The minimum absolute atomic E-state index is 0.